The van der Waals surface area contributed by atoms with Gasteiger partial charge in [0.1, 0.15) is 5.75 Å². The molecule has 1 aliphatic rings. The van der Waals surface area contributed by atoms with Crippen LogP contribution in [-0.2, 0) is 19.7 Å². The van der Waals surface area contributed by atoms with Gasteiger partial charge in [0, 0.05) is 5.69 Å². The van der Waals surface area contributed by atoms with Crippen LogP contribution in [-0.4, -0.2) is 25.1 Å². The zero-order chi connectivity index (χ0) is 17.7. The van der Waals surface area contributed by atoms with Crippen LogP contribution in [0.3, 0.4) is 0 Å². The maximum Gasteiger partial charge on any atom is 0.317 e. The Balaban J connectivity index is 1.51. The van der Waals surface area contributed by atoms with E-state index < -0.39 is 5.41 Å². The molecule has 130 valence electrons. The number of hydrogen-bond acceptors (Lipinski definition) is 4. The number of carbonyl (C=O) groups is 2. The van der Waals surface area contributed by atoms with E-state index in [1.807, 2.05) is 37.3 Å². The molecule has 0 aliphatic heterocycles. The molecule has 2 aromatic rings. The van der Waals surface area contributed by atoms with Crippen LogP contribution in [0.2, 0.25) is 0 Å². The molecule has 0 spiro atoms. The fourth-order valence-corrected chi connectivity index (χ4v) is 2.76. The SMILES string of the molecule is CCOc1ccc(NC(=O)COC(=O)C2(c3ccccc3)CC2)cc1. The Morgan fingerprint density at radius 3 is 2.32 bits per heavy atom. The first kappa shape index (κ1) is 17.0. The molecular formula is C20H21NO4. The van der Waals surface area contributed by atoms with Gasteiger partial charge in [-0.15, -0.1) is 0 Å². The number of anilines is 1. The quantitative estimate of drug-likeness (QED) is 0.786. The van der Waals surface area contributed by atoms with Crippen molar-refractivity contribution >= 4 is 17.6 Å². The summed E-state index contributed by atoms with van der Waals surface area (Å²) in [7, 11) is 0. The average molecular weight is 339 g/mol. The highest BCUT2D eigenvalue weighted by Crippen LogP contribution is 2.49. The lowest BCUT2D eigenvalue weighted by Crippen LogP contribution is -2.28. The second kappa shape index (κ2) is 7.38. The van der Waals surface area contributed by atoms with Gasteiger partial charge in [-0.25, -0.2) is 0 Å². The van der Waals surface area contributed by atoms with Crippen molar-refractivity contribution in [3.8, 4) is 5.75 Å². The molecule has 0 radical (unpaired) electrons. The molecule has 0 bridgehead atoms. The standard InChI is InChI=1S/C20H21NO4/c1-2-24-17-10-8-16(9-11-17)21-18(22)14-25-19(23)20(12-13-20)15-6-4-3-5-7-15/h3-11H,2,12-14H2,1H3,(H,21,22). The zero-order valence-electron chi connectivity index (χ0n) is 14.2. The van der Waals surface area contributed by atoms with Crippen molar-refractivity contribution in [3.63, 3.8) is 0 Å². The lowest BCUT2D eigenvalue weighted by molar-refractivity contribution is -0.150. The van der Waals surface area contributed by atoms with E-state index in [9.17, 15) is 9.59 Å². The predicted molar refractivity (Wildman–Crippen MR) is 94.6 cm³/mol. The summed E-state index contributed by atoms with van der Waals surface area (Å²) in [5, 5.41) is 2.71. The molecule has 0 unspecified atom stereocenters. The van der Waals surface area contributed by atoms with Crippen LogP contribution < -0.4 is 10.1 Å². The molecule has 1 N–H and O–H groups in total. The van der Waals surface area contributed by atoms with E-state index in [-0.39, 0.29) is 18.5 Å². The summed E-state index contributed by atoms with van der Waals surface area (Å²) < 4.78 is 10.6. The van der Waals surface area contributed by atoms with E-state index in [4.69, 9.17) is 9.47 Å². The summed E-state index contributed by atoms with van der Waals surface area (Å²) in [6.07, 6.45) is 1.52. The number of carbonyl (C=O) groups excluding carboxylic acids is 2. The minimum atomic E-state index is -0.569. The van der Waals surface area contributed by atoms with Crippen molar-refractivity contribution in [1.82, 2.24) is 0 Å². The molecule has 2 aromatic carbocycles. The van der Waals surface area contributed by atoms with Crippen LogP contribution in [0.5, 0.6) is 5.75 Å². The van der Waals surface area contributed by atoms with Crippen molar-refractivity contribution in [3.05, 3.63) is 60.2 Å². The van der Waals surface area contributed by atoms with E-state index in [1.54, 1.807) is 24.3 Å². The van der Waals surface area contributed by atoms with Gasteiger partial charge in [0.2, 0.25) is 0 Å². The Hall–Kier alpha value is -2.82. The van der Waals surface area contributed by atoms with Gasteiger partial charge in [0.15, 0.2) is 6.61 Å². The fraction of sp³-hybridized carbons (Fsp3) is 0.300. The molecule has 0 atom stereocenters. The molecule has 5 heteroatoms. The Kier molecular flexibility index (Phi) is 5.03. The van der Waals surface area contributed by atoms with Crippen molar-refractivity contribution in [2.45, 2.75) is 25.2 Å². The lowest BCUT2D eigenvalue weighted by atomic mass is 9.96. The number of esters is 1. The summed E-state index contributed by atoms with van der Waals surface area (Å²) in [4.78, 5) is 24.4. The van der Waals surface area contributed by atoms with Crippen molar-refractivity contribution in [2.75, 3.05) is 18.5 Å². The third-order valence-corrected chi connectivity index (χ3v) is 4.25. The maximum atomic E-state index is 12.4. The fourth-order valence-electron chi connectivity index (χ4n) is 2.76. The van der Waals surface area contributed by atoms with Crippen LogP contribution in [0.25, 0.3) is 0 Å². The van der Waals surface area contributed by atoms with Crippen molar-refractivity contribution in [1.29, 1.82) is 0 Å². The predicted octanol–water partition coefficient (Wildman–Crippen LogP) is 3.30. The number of rotatable bonds is 7. The average Bonchev–Trinajstić information content (AvgIpc) is 3.44. The normalized spacial score (nSPS) is 14.4. The molecule has 1 amide bonds. The highest BCUT2D eigenvalue weighted by molar-refractivity contribution is 5.94. The van der Waals surface area contributed by atoms with E-state index in [0.29, 0.717) is 12.3 Å². The van der Waals surface area contributed by atoms with Crippen molar-refractivity contribution in [2.24, 2.45) is 0 Å². The molecule has 3 rings (SSSR count). The minimum absolute atomic E-state index is 0.291. The second-order valence-electron chi connectivity index (χ2n) is 6.03. The third-order valence-electron chi connectivity index (χ3n) is 4.25. The largest absolute Gasteiger partial charge is 0.494 e. The second-order valence-corrected chi connectivity index (χ2v) is 6.03. The summed E-state index contributed by atoms with van der Waals surface area (Å²) >= 11 is 0. The number of hydrogen-bond donors (Lipinski definition) is 1. The molecule has 0 heterocycles. The molecule has 0 aromatic heterocycles. The number of benzene rings is 2. The number of ether oxygens (including phenoxy) is 2. The molecule has 5 nitrogen and oxygen atoms in total. The Bertz CT molecular complexity index is 736. The van der Waals surface area contributed by atoms with Crippen LogP contribution in [0.15, 0.2) is 54.6 Å². The van der Waals surface area contributed by atoms with Gasteiger partial charge in [0.05, 0.1) is 12.0 Å². The number of amides is 1. The van der Waals surface area contributed by atoms with Gasteiger partial charge in [-0.2, -0.15) is 0 Å². The lowest BCUT2D eigenvalue weighted by Gasteiger charge is -2.14. The van der Waals surface area contributed by atoms with Crippen LogP contribution >= 0.6 is 0 Å². The molecular weight excluding hydrogens is 318 g/mol. The first-order valence-electron chi connectivity index (χ1n) is 8.39. The van der Waals surface area contributed by atoms with Gasteiger partial charge in [-0.1, -0.05) is 30.3 Å². The monoisotopic (exact) mass is 339 g/mol. The van der Waals surface area contributed by atoms with E-state index in [0.717, 1.165) is 24.2 Å². The maximum absolute atomic E-state index is 12.4. The van der Waals surface area contributed by atoms with Gasteiger partial charge in [0.25, 0.3) is 5.91 Å². The summed E-state index contributed by atoms with van der Waals surface area (Å²) in [6.45, 7) is 2.21. The minimum Gasteiger partial charge on any atom is -0.494 e. The van der Waals surface area contributed by atoms with Gasteiger partial charge >= 0.3 is 5.97 Å². The van der Waals surface area contributed by atoms with E-state index in [1.165, 1.54) is 0 Å². The molecule has 0 saturated heterocycles. The highest BCUT2D eigenvalue weighted by atomic mass is 16.5. The van der Waals surface area contributed by atoms with Gasteiger partial charge in [-0.3, -0.25) is 9.59 Å². The van der Waals surface area contributed by atoms with E-state index in [2.05, 4.69) is 5.32 Å². The van der Waals surface area contributed by atoms with Crippen LogP contribution in [0.4, 0.5) is 5.69 Å². The zero-order valence-corrected chi connectivity index (χ0v) is 14.2. The summed E-state index contributed by atoms with van der Waals surface area (Å²) in [5.41, 5.74) is 1.02. The highest BCUT2D eigenvalue weighted by Gasteiger charge is 2.52. The molecule has 1 saturated carbocycles. The van der Waals surface area contributed by atoms with Crippen LogP contribution in [0.1, 0.15) is 25.3 Å². The van der Waals surface area contributed by atoms with Gasteiger partial charge in [-0.05, 0) is 49.6 Å². The van der Waals surface area contributed by atoms with Crippen LogP contribution in [0, 0.1) is 0 Å². The summed E-state index contributed by atoms with van der Waals surface area (Å²) in [5.74, 6) is 0.0485. The molecule has 1 fully saturated rings. The molecule has 1 aliphatic carbocycles. The van der Waals surface area contributed by atoms with Gasteiger partial charge < -0.3 is 14.8 Å². The number of nitrogens with one attached hydrogen (secondary N) is 1. The van der Waals surface area contributed by atoms with E-state index >= 15 is 0 Å². The Labute approximate surface area is 147 Å². The summed E-state index contributed by atoms with van der Waals surface area (Å²) in [6, 6.07) is 16.6. The Morgan fingerprint density at radius 1 is 1.04 bits per heavy atom. The first-order chi connectivity index (χ1) is 12.1. The van der Waals surface area contributed by atoms with Crippen molar-refractivity contribution < 1.29 is 19.1 Å². The Morgan fingerprint density at radius 2 is 1.72 bits per heavy atom. The topological polar surface area (TPSA) is 64.6 Å². The first-order valence-corrected chi connectivity index (χ1v) is 8.39. The molecule has 25 heavy (non-hydrogen) atoms. The smallest absolute Gasteiger partial charge is 0.317 e. The third kappa shape index (κ3) is 3.99.